The monoisotopic (exact) mass is 490 g/mol. The third-order valence-electron chi connectivity index (χ3n) is 4.59. The van der Waals surface area contributed by atoms with Crippen molar-refractivity contribution in [3.8, 4) is 0 Å². The summed E-state index contributed by atoms with van der Waals surface area (Å²) in [6.07, 6.45) is -9.04. The molecule has 3 rings (SSSR count). The van der Waals surface area contributed by atoms with Crippen LogP contribution in [0.25, 0.3) is 0 Å². The summed E-state index contributed by atoms with van der Waals surface area (Å²) in [5.74, 6) is 0.400. The van der Waals surface area contributed by atoms with Gasteiger partial charge in [0, 0.05) is 11.3 Å². The predicted molar refractivity (Wildman–Crippen MR) is 111 cm³/mol. The Hall–Kier alpha value is -3.05. The first-order chi connectivity index (χ1) is 15.3. The summed E-state index contributed by atoms with van der Waals surface area (Å²) in [5, 5.41) is 16.1. The van der Waals surface area contributed by atoms with Crippen LogP contribution in [-0.4, -0.2) is 15.1 Å². The molecule has 2 atom stereocenters. The van der Waals surface area contributed by atoms with Crippen molar-refractivity contribution in [1.29, 1.82) is 0 Å². The van der Waals surface area contributed by atoms with Crippen molar-refractivity contribution in [3.63, 3.8) is 0 Å². The fraction of sp³-hybridized carbons (Fsp3) is 0.238. The number of hydrogen-bond donors (Lipinski definition) is 3. The minimum Gasteiger partial charge on any atom is -0.369 e. The van der Waals surface area contributed by atoms with Crippen molar-refractivity contribution in [2.24, 2.45) is 0 Å². The lowest BCUT2D eigenvalue weighted by Gasteiger charge is -2.20. The molecule has 3 aromatic rings. The van der Waals surface area contributed by atoms with E-state index < -0.39 is 35.3 Å². The maximum atomic E-state index is 13.1. The van der Waals surface area contributed by atoms with Gasteiger partial charge in [0.1, 0.15) is 11.0 Å². The summed E-state index contributed by atoms with van der Waals surface area (Å²) in [6, 6.07) is 7.06. The van der Waals surface area contributed by atoms with Crippen molar-refractivity contribution in [2.45, 2.75) is 31.5 Å². The molecule has 33 heavy (non-hydrogen) atoms. The number of rotatable bonds is 6. The van der Waals surface area contributed by atoms with Gasteiger partial charge in [-0.05, 0) is 42.8 Å². The Morgan fingerprint density at radius 3 is 2.09 bits per heavy atom. The average molecular weight is 491 g/mol. The van der Waals surface area contributed by atoms with E-state index in [9.17, 15) is 31.4 Å². The summed E-state index contributed by atoms with van der Waals surface area (Å²) in [5.41, 5.74) is -2.64. The lowest BCUT2D eigenvalue weighted by Crippen LogP contribution is -2.16. The van der Waals surface area contributed by atoms with Crippen molar-refractivity contribution < 1.29 is 31.4 Å². The number of hydrogen-bond acceptors (Lipinski definition) is 5. The maximum Gasteiger partial charge on any atom is 0.416 e. The highest BCUT2D eigenvalue weighted by atomic mass is 35.5. The summed E-state index contributed by atoms with van der Waals surface area (Å²) >= 11 is 5.80. The molecule has 3 N–H and O–H groups in total. The molecule has 12 heteroatoms. The summed E-state index contributed by atoms with van der Waals surface area (Å²) < 4.78 is 78.5. The van der Waals surface area contributed by atoms with Gasteiger partial charge in [0.05, 0.1) is 29.6 Å². The van der Waals surface area contributed by atoms with Gasteiger partial charge in [-0.3, -0.25) is 4.98 Å². The molecule has 1 unspecified atom stereocenters. The average Bonchev–Trinajstić information content (AvgIpc) is 2.72. The molecule has 0 amide bonds. The molecule has 0 aliphatic carbocycles. The van der Waals surface area contributed by atoms with Crippen LogP contribution in [0, 0.1) is 0 Å². The van der Waals surface area contributed by atoms with Crippen LogP contribution in [0.5, 0.6) is 0 Å². The third-order valence-corrected chi connectivity index (χ3v) is 4.77. The first-order valence-electron chi connectivity index (χ1n) is 9.41. The molecule has 0 aliphatic rings. The van der Waals surface area contributed by atoms with E-state index in [4.69, 9.17) is 11.6 Å². The van der Waals surface area contributed by atoms with Gasteiger partial charge in [-0.25, -0.2) is 4.98 Å². The molecular weight excluding hydrogens is 474 g/mol. The molecule has 0 saturated carbocycles. The highest BCUT2D eigenvalue weighted by Crippen LogP contribution is 2.37. The van der Waals surface area contributed by atoms with E-state index >= 15 is 0 Å². The SMILES string of the molecule is C[C@H](Nc1cncc(Cl)n1)c1cccc(NC(O)c2cc(C(F)(F)F)cc(C(F)(F)F)c2)c1. The number of aromatic nitrogens is 2. The number of halogens is 7. The number of anilines is 2. The highest BCUT2D eigenvalue weighted by Gasteiger charge is 2.37. The molecule has 0 bridgehead atoms. The molecule has 0 fully saturated rings. The van der Waals surface area contributed by atoms with Gasteiger partial charge in [0.15, 0.2) is 6.23 Å². The smallest absolute Gasteiger partial charge is 0.369 e. The number of benzene rings is 2. The zero-order valence-corrected chi connectivity index (χ0v) is 17.6. The van der Waals surface area contributed by atoms with Gasteiger partial charge >= 0.3 is 12.4 Å². The van der Waals surface area contributed by atoms with E-state index in [1.54, 1.807) is 25.1 Å². The minimum absolute atomic E-state index is 0.00290. The Morgan fingerprint density at radius 1 is 0.879 bits per heavy atom. The Labute approximate surface area is 189 Å². The van der Waals surface area contributed by atoms with Crippen molar-refractivity contribution in [2.75, 3.05) is 10.6 Å². The molecule has 1 heterocycles. The molecule has 1 aromatic heterocycles. The molecule has 5 nitrogen and oxygen atoms in total. The van der Waals surface area contributed by atoms with E-state index in [0.29, 0.717) is 23.5 Å². The summed E-state index contributed by atoms with van der Waals surface area (Å²) in [6.45, 7) is 1.79. The van der Waals surface area contributed by atoms with Gasteiger partial charge in [-0.1, -0.05) is 23.7 Å². The van der Waals surface area contributed by atoms with E-state index in [2.05, 4.69) is 20.6 Å². The lowest BCUT2D eigenvalue weighted by molar-refractivity contribution is -0.143. The second-order valence-corrected chi connectivity index (χ2v) is 7.49. The second-order valence-electron chi connectivity index (χ2n) is 7.10. The Morgan fingerprint density at radius 2 is 1.52 bits per heavy atom. The molecular formula is C21H17ClF6N4O. The van der Waals surface area contributed by atoms with Gasteiger partial charge in [0.25, 0.3) is 0 Å². The van der Waals surface area contributed by atoms with Crippen LogP contribution < -0.4 is 10.6 Å². The van der Waals surface area contributed by atoms with E-state index in [1.165, 1.54) is 18.5 Å². The second kappa shape index (κ2) is 9.44. The number of nitrogens with zero attached hydrogens (tertiary/aromatic N) is 2. The van der Waals surface area contributed by atoms with Crippen LogP contribution in [-0.2, 0) is 12.4 Å². The minimum atomic E-state index is -5.01. The van der Waals surface area contributed by atoms with Crippen LogP contribution in [0.4, 0.5) is 37.8 Å². The normalized spacial score (nSPS) is 14.0. The predicted octanol–water partition coefficient (Wildman–Crippen LogP) is 6.44. The highest BCUT2D eigenvalue weighted by molar-refractivity contribution is 6.29. The van der Waals surface area contributed by atoms with Crippen molar-refractivity contribution in [1.82, 2.24) is 9.97 Å². The maximum absolute atomic E-state index is 13.1. The van der Waals surface area contributed by atoms with Gasteiger partial charge in [0.2, 0.25) is 0 Å². The van der Waals surface area contributed by atoms with E-state index in [0.717, 1.165) is 0 Å². The number of aliphatic hydroxyl groups is 1. The third kappa shape index (κ3) is 6.48. The molecule has 0 saturated heterocycles. The summed E-state index contributed by atoms with van der Waals surface area (Å²) in [7, 11) is 0. The first kappa shape index (κ1) is 24.6. The fourth-order valence-electron chi connectivity index (χ4n) is 2.99. The van der Waals surface area contributed by atoms with Crippen LogP contribution in [0.1, 0.15) is 41.4 Å². The van der Waals surface area contributed by atoms with Crippen molar-refractivity contribution >= 4 is 23.1 Å². The van der Waals surface area contributed by atoms with Gasteiger partial charge in [-0.15, -0.1) is 0 Å². The standard InChI is InChI=1S/C21H17ClF6N4O/c1-11(30-18-10-29-9-17(22)32-18)12-3-2-4-16(7-12)31-19(33)13-5-14(20(23,24)25)8-15(6-13)21(26,27)28/h2-11,19,31,33H,1H3,(H,30,32)/t11-,19?/m0/s1. The Balaban J connectivity index is 1.82. The van der Waals surface area contributed by atoms with Gasteiger partial charge in [-0.2, -0.15) is 26.3 Å². The molecule has 0 radical (unpaired) electrons. The molecule has 0 spiro atoms. The summed E-state index contributed by atoms with van der Waals surface area (Å²) in [4.78, 5) is 7.97. The molecule has 0 aliphatic heterocycles. The number of nitrogens with one attached hydrogen (secondary N) is 2. The first-order valence-corrected chi connectivity index (χ1v) is 9.79. The quantitative estimate of drug-likeness (QED) is 0.274. The van der Waals surface area contributed by atoms with Crippen LogP contribution in [0.15, 0.2) is 54.9 Å². The van der Waals surface area contributed by atoms with Gasteiger partial charge < -0.3 is 15.7 Å². The van der Waals surface area contributed by atoms with E-state index in [1.807, 2.05) is 0 Å². The van der Waals surface area contributed by atoms with E-state index in [-0.39, 0.29) is 22.9 Å². The van der Waals surface area contributed by atoms with Crippen LogP contribution >= 0.6 is 11.6 Å². The fourth-order valence-corrected chi connectivity index (χ4v) is 3.14. The Bertz CT molecular complexity index is 1090. The lowest BCUT2D eigenvalue weighted by atomic mass is 10.0. The number of aliphatic hydroxyl groups excluding tert-OH is 1. The zero-order chi connectivity index (χ0) is 24.4. The zero-order valence-electron chi connectivity index (χ0n) is 16.8. The molecule has 2 aromatic carbocycles. The number of alkyl halides is 6. The topological polar surface area (TPSA) is 70.1 Å². The van der Waals surface area contributed by atoms with Crippen molar-refractivity contribution in [3.05, 3.63) is 82.3 Å². The van der Waals surface area contributed by atoms with Crippen LogP contribution in [0.2, 0.25) is 5.15 Å². The largest absolute Gasteiger partial charge is 0.416 e. The van der Waals surface area contributed by atoms with Crippen LogP contribution in [0.3, 0.4) is 0 Å². The molecule has 176 valence electrons. The Kier molecular flexibility index (Phi) is 7.03.